The Labute approximate surface area is 203 Å². The summed E-state index contributed by atoms with van der Waals surface area (Å²) >= 11 is 0. The van der Waals surface area contributed by atoms with E-state index in [0.29, 0.717) is 11.6 Å². The van der Waals surface area contributed by atoms with Crippen molar-refractivity contribution in [2.45, 2.75) is 33.2 Å². The predicted octanol–water partition coefficient (Wildman–Crippen LogP) is 3.49. The molecule has 0 saturated carbocycles. The maximum atomic E-state index is 8.99. The molecule has 1 fully saturated rings. The number of pyridine rings is 1. The highest BCUT2D eigenvalue weighted by atomic mass is 16.5. The maximum Gasteiger partial charge on any atom is 0.213 e. The fourth-order valence-corrected chi connectivity index (χ4v) is 4.53. The average molecular weight is 470 g/mol. The van der Waals surface area contributed by atoms with Crippen LogP contribution in [0.25, 0.3) is 17.0 Å². The summed E-state index contributed by atoms with van der Waals surface area (Å²) in [6.07, 6.45) is 2.78. The van der Waals surface area contributed by atoms with Gasteiger partial charge in [0.1, 0.15) is 17.6 Å². The van der Waals surface area contributed by atoms with Crippen molar-refractivity contribution in [1.82, 2.24) is 29.8 Å². The van der Waals surface area contributed by atoms with Gasteiger partial charge in [0.25, 0.3) is 0 Å². The molecule has 0 aliphatic carbocycles. The first-order valence-electron chi connectivity index (χ1n) is 11.5. The monoisotopic (exact) mass is 469 g/mol. The molecule has 1 aliphatic heterocycles. The molecule has 4 aromatic rings. The van der Waals surface area contributed by atoms with Crippen molar-refractivity contribution in [3.8, 4) is 23.3 Å². The number of methoxy groups -OCH3 is 1. The molecule has 5 heterocycles. The smallest absolute Gasteiger partial charge is 0.213 e. The van der Waals surface area contributed by atoms with Crippen molar-refractivity contribution < 1.29 is 4.74 Å². The number of aryl methyl sites for hydroxylation is 1. The number of fused-ring (bicyclic) bond motifs is 1. The minimum Gasteiger partial charge on any atom is -0.481 e. The van der Waals surface area contributed by atoms with Crippen LogP contribution in [0.3, 0.4) is 0 Å². The molecule has 0 radical (unpaired) electrons. The first-order chi connectivity index (χ1) is 16.9. The van der Waals surface area contributed by atoms with Crippen molar-refractivity contribution in [2.24, 2.45) is 5.41 Å². The standard InChI is InChI=1S/C25H27N9O/c1-16-14-27-22-12-19(18-6-5-7-23(28-18)35-4)32-34(22)24(16)29-20-10-11-33(15-25(20,2)3)21-9-8-17(13-26)30-31-21/h5-9,12,14,20,29H,10-11,15H2,1-4H3. The van der Waals surface area contributed by atoms with E-state index in [4.69, 9.17) is 15.1 Å². The lowest BCUT2D eigenvalue weighted by atomic mass is 9.79. The Bertz CT molecular complexity index is 1400. The van der Waals surface area contributed by atoms with Crippen molar-refractivity contribution >= 4 is 17.3 Å². The molecule has 10 heteroatoms. The Morgan fingerprint density at radius 2 is 2.03 bits per heavy atom. The molecule has 1 unspecified atom stereocenters. The zero-order chi connectivity index (χ0) is 24.6. The van der Waals surface area contributed by atoms with Gasteiger partial charge in [0.2, 0.25) is 5.88 Å². The number of nitriles is 1. The number of aromatic nitrogens is 6. The molecular formula is C25H27N9O. The van der Waals surface area contributed by atoms with E-state index in [-0.39, 0.29) is 11.5 Å². The molecule has 1 aliphatic rings. The normalized spacial score (nSPS) is 17.2. The van der Waals surface area contributed by atoms with Gasteiger partial charge in [-0.25, -0.2) is 9.97 Å². The van der Waals surface area contributed by atoms with Crippen LogP contribution in [0.4, 0.5) is 11.6 Å². The van der Waals surface area contributed by atoms with E-state index in [1.54, 1.807) is 13.2 Å². The Kier molecular flexibility index (Phi) is 5.68. The van der Waals surface area contributed by atoms with E-state index in [1.165, 1.54) is 0 Å². The van der Waals surface area contributed by atoms with E-state index >= 15 is 0 Å². The highest BCUT2D eigenvalue weighted by Gasteiger charge is 2.37. The zero-order valence-electron chi connectivity index (χ0n) is 20.2. The van der Waals surface area contributed by atoms with Crippen molar-refractivity contribution in [3.05, 3.63) is 53.9 Å². The van der Waals surface area contributed by atoms with Gasteiger partial charge in [0.05, 0.1) is 12.8 Å². The summed E-state index contributed by atoms with van der Waals surface area (Å²) in [5, 5.41) is 25.8. The van der Waals surface area contributed by atoms with E-state index in [0.717, 1.165) is 53.7 Å². The maximum absolute atomic E-state index is 8.99. The Hall–Kier alpha value is -4.26. The van der Waals surface area contributed by atoms with Gasteiger partial charge in [-0.05, 0) is 31.5 Å². The summed E-state index contributed by atoms with van der Waals surface area (Å²) in [5.74, 6) is 2.26. The zero-order valence-corrected chi connectivity index (χ0v) is 20.2. The number of rotatable bonds is 5. The van der Waals surface area contributed by atoms with Gasteiger partial charge in [0.15, 0.2) is 17.2 Å². The summed E-state index contributed by atoms with van der Waals surface area (Å²) < 4.78 is 7.13. The molecule has 5 rings (SSSR count). The topological polar surface area (TPSA) is 117 Å². The van der Waals surface area contributed by atoms with E-state index < -0.39 is 0 Å². The Balaban J connectivity index is 1.41. The van der Waals surface area contributed by atoms with Crippen LogP contribution >= 0.6 is 0 Å². The largest absolute Gasteiger partial charge is 0.481 e. The van der Waals surface area contributed by atoms with Crippen LogP contribution in [0.15, 0.2) is 42.6 Å². The van der Waals surface area contributed by atoms with Gasteiger partial charge in [-0.2, -0.15) is 14.9 Å². The predicted molar refractivity (Wildman–Crippen MR) is 132 cm³/mol. The van der Waals surface area contributed by atoms with Crippen LogP contribution in [0.5, 0.6) is 5.88 Å². The second-order valence-electron chi connectivity index (χ2n) is 9.44. The number of piperidine rings is 1. The molecular weight excluding hydrogens is 442 g/mol. The number of anilines is 2. The third-order valence-electron chi connectivity index (χ3n) is 6.49. The summed E-state index contributed by atoms with van der Waals surface area (Å²) in [5.41, 5.74) is 3.49. The molecule has 1 saturated heterocycles. The van der Waals surface area contributed by atoms with Crippen LogP contribution in [0, 0.1) is 23.7 Å². The number of hydrogen-bond acceptors (Lipinski definition) is 9. The number of nitrogens with zero attached hydrogens (tertiary/aromatic N) is 8. The van der Waals surface area contributed by atoms with Crippen molar-refractivity contribution in [1.29, 1.82) is 5.26 Å². The molecule has 35 heavy (non-hydrogen) atoms. The third-order valence-corrected chi connectivity index (χ3v) is 6.49. The SMILES string of the molecule is COc1cccc(-c2cc3ncc(C)c(NC4CCN(c5ccc(C#N)nn5)CC4(C)C)n3n2)n1. The fourth-order valence-electron chi connectivity index (χ4n) is 4.53. The lowest BCUT2D eigenvalue weighted by Crippen LogP contribution is -2.52. The molecule has 0 spiro atoms. The Morgan fingerprint density at radius 3 is 2.74 bits per heavy atom. The molecule has 0 amide bonds. The Morgan fingerprint density at radius 1 is 1.17 bits per heavy atom. The minimum atomic E-state index is -0.0692. The highest BCUT2D eigenvalue weighted by Crippen LogP contribution is 2.34. The van der Waals surface area contributed by atoms with E-state index in [9.17, 15) is 0 Å². The molecule has 1 atom stereocenters. The van der Waals surface area contributed by atoms with Gasteiger partial charge in [0, 0.05) is 48.4 Å². The van der Waals surface area contributed by atoms with Crippen LogP contribution in [-0.2, 0) is 0 Å². The summed E-state index contributed by atoms with van der Waals surface area (Å²) in [7, 11) is 1.60. The summed E-state index contributed by atoms with van der Waals surface area (Å²) in [6.45, 7) is 8.16. The molecule has 4 aromatic heterocycles. The molecule has 0 aromatic carbocycles. The molecule has 0 bridgehead atoms. The van der Waals surface area contributed by atoms with Gasteiger partial charge in [-0.3, -0.25) is 0 Å². The first kappa shape index (κ1) is 22.5. The first-order valence-corrected chi connectivity index (χ1v) is 11.5. The van der Waals surface area contributed by atoms with Gasteiger partial charge < -0.3 is 15.0 Å². The lowest BCUT2D eigenvalue weighted by Gasteiger charge is -2.45. The molecule has 178 valence electrons. The molecule has 10 nitrogen and oxygen atoms in total. The second-order valence-corrected chi connectivity index (χ2v) is 9.44. The van der Waals surface area contributed by atoms with Crippen LogP contribution in [-0.4, -0.2) is 56.0 Å². The second kappa shape index (κ2) is 8.83. The summed E-state index contributed by atoms with van der Waals surface area (Å²) in [4.78, 5) is 11.3. The number of nitrogens with one attached hydrogen (secondary N) is 1. The van der Waals surface area contributed by atoms with Crippen LogP contribution in [0.1, 0.15) is 31.5 Å². The number of ether oxygens (including phenoxy) is 1. The van der Waals surface area contributed by atoms with Gasteiger partial charge in [-0.15, -0.1) is 10.2 Å². The van der Waals surface area contributed by atoms with Crippen LogP contribution in [0.2, 0.25) is 0 Å². The fraction of sp³-hybridized carbons (Fsp3) is 0.360. The minimum absolute atomic E-state index is 0.0692. The lowest BCUT2D eigenvalue weighted by molar-refractivity contribution is 0.259. The number of hydrogen-bond donors (Lipinski definition) is 1. The van der Waals surface area contributed by atoms with Gasteiger partial charge in [-0.1, -0.05) is 19.9 Å². The van der Waals surface area contributed by atoms with Gasteiger partial charge >= 0.3 is 0 Å². The highest BCUT2D eigenvalue weighted by molar-refractivity contribution is 5.64. The molecule has 1 N–H and O–H groups in total. The van der Waals surface area contributed by atoms with Crippen molar-refractivity contribution in [2.75, 3.05) is 30.4 Å². The quantitative estimate of drug-likeness (QED) is 0.469. The third kappa shape index (κ3) is 4.33. The average Bonchev–Trinajstić information content (AvgIpc) is 3.31. The summed E-state index contributed by atoms with van der Waals surface area (Å²) in [6, 6.07) is 13.4. The van der Waals surface area contributed by atoms with Crippen molar-refractivity contribution in [3.63, 3.8) is 0 Å². The van der Waals surface area contributed by atoms with Crippen LogP contribution < -0.4 is 15.0 Å². The van der Waals surface area contributed by atoms with E-state index in [1.807, 2.05) is 54.0 Å². The van der Waals surface area contributed by atoms with E-state index in [2.05, 4.69) is 44.2 Å².